The number of hydrogen-bond donors (Lipinski definition) is 0. The molecule has 2 heterocycles. The molecule has 0 bridgehead atoms. The molecule has 0 N–H and O–H groups in total. The summed E-state index contributed by atoms with van der Waals surface area (Å²) in [5.74, 6) is 3.09. The van der Waals surface area contributed by atoms with Gasteiger partial charge in [-0.3, -0.25) is 0 Å². The number of hydrogen-bond acceptors (Lipinski definition) is 2. The van der Waals surface area contributed by atoms with Crippen molar-refractivity contribution >= 4 is 54.0 Å². The summed E-state index contributed by atoms with van der Waals surface area (Å²) >= 11 is 4.05. The quantitative estimate of drug-likeness (QED) is 0.191. The molecule has 6 unspecified atom stereocenters. The summed E-state index contributed by atoms with van der Waals surface area (Å²) in [6.07, 6.45) is 45.2. The first kappa shape index (κ1) is 32.2. The van der Waals surface area contributed by atoms with Crippen LogP contribution in [0.15, 0.2) is 178 Å². The molecule has 0 radical (unpaired) electrons. The Kier molecular flexibility index (Phi) is 6.60. The van der Waals surface area contributed by atoms with E-state index in [-0.39, 0.29) is 5.41 Å². The molecular weight excluding hydrogens is 725 g/mol. The van der Waals surface area contributed by atoms with E-state index in [0.717, 1.165) is 38.5 Å². The fourth-order valence-electron chi connectivity index (χ4n) is 14.1. The molecule has 0 amide bonds. The summed E-state index contributed by atoms with van der Waals surface area (Å²) in [5, 5.41) is 2.94. The predicted octanol–water partition coefficient (Wildman–Crippen LogP) is 14.4. The lowest BCUT2D eigenvalue weighted by Crippen LogP contribution is -2.43. The van der Waals surface area contributed by atoms with Crippen LogP contribution in [0.25, 0.3) is 31.3 Å². The number of thiophene rings is 2. The molecule has 6 atom stereocenters. The molecule has 2 fully saturated rings. The molecule has 4 aromatic rings. The number of rotatable bonds is 2. The maximum atomic E-state index is 2.74. The number of aryl methyl sites for hydroxylation is 2. The maximum absolute atomic E-state index is 2.74. The normalized spacial score (nSPS) is 32.3. The van der Waals surface area contributed by atoms with Gasteiger partial charge < -0.3 is 0 Å². The van der Waals surface area contributed by atoms with Gasteiger partial charge in [-0.1, -0.05) is 121 Å². The van der Waals surface area contributed by atoms with Gasteiger partial charge in [0.15, 0.2) is 0 Å². The number of allylic oxidation sites excluding steroid dienone is 24. The second-order valence-electron chi connectivity index (χ2n) is 18.2. The second-order valence-corrected chi connectivity index (χ2v) is 20.3. The van der Waals surface area contributed by atoms with Crippen molar-refractivity contribution in [3.8, 4) is 0 Å². The van der Waals surface area contributed by atoms with E-state index >= 15 is 0 Å². The lowest BCUT2D eigenvalue weighted by Gasteiger charge is -2.47. The van der Waals surface area contributed by atoms with Crippen molar-refractivity contribution in [1.29, 1.82) is 0 Å². The van der Waals surface area contributed by atoms with Crippen LogP contribution in [0.1, 0.15) is 59.4 Å². The molecule has 0 nitrogen and oxygen atoms in total. The zero-order chi connectivity index (χ0) is 37.0. The van der Waals surface area contributed by atoms with Crippen LogP contribution in [0.5, 0.6) is 0 Å². The molecule has 1 spiro atoms. The van der Waals surface area contributed by atoms with Gasteiger partial charge in [0.05, 0.1) is 0 Å². The summed E-state index contributed by atoms with van der Waals surface area (Å²) < 4.78 is 2.87. The van der Waals surface area contributed by atoms with Crippen molar-refractivity contribution < 1.29 is 0 Å². The van der Waals surface area contributed by atoms with Crippen molar-refractivity contribution in [3.05, 3.63) is 199 Å². The van der Waals surface area contributed by atoms with Gasteiger partial charge in [0.25, 0.3) is 0 Å². The molecule has 276 valence electrons. The van der Waals surface area contributed by atoms with Gasteiger partial charge in [-0.15, -0.1) is 22.7 Å². The van der Waals surface area contributed by atoms with E-state index < -0.39 is 0 Å². The number of fused-ring (bicyclic) bond motifs is 16. The van der Waals surface area contributed by atoms with Crippen molar-refractivity contribution in [2.24, 2.45) is 40.9 Å². The Morgan fingerprint density at radius 2 is 1.02 bits per heavy atom. The topological polar surface area (TPSA) is 0 Å². The van der Waals surface area contributed by atoms with Gasteiger partial charge in [-0.25, -0.2) is 0 Å². The van der Waals surface area contributed by atoms with Crippen LogP contribution >= 0.6 is 22.7 Å². The third-order valence-corrected chi connectivity index (χ3v) is 18.6. The Labute approximate surface area is 343 Å². The molecular formula is C55H44S2. The lowest BCUT2D eigenvalue weighted by atomic mass is 9.55. The van der Waals surface area contributed by atoms with E-state index in [0.29, 0.717) is 35.5 Å². The molecule has 0 saturated heterocycles. The molecule has 10 aliphatic carbocycles. The Morgan fingerprint density at radius 1 is 0.526 bits per heavy atom. The predicted molar refractivity (Wildman–Crippen MR) is 241 cm³/mol. The van der Waals surface area contributed by atoms with Crippen LogP contribution in [-0.4, -0.2) is 0 Å². The highest BCUT2D eigenvalue weighted by Crippen LogP contribution is 2.76. The minimum atomic E-state index is 0.173. The maximum Gasteiger partial charge on any atom is 0.0390 e. The first-order chi connectivity index (χ1) is 28.3. The second kappa shape index (κ2) is 11.7. The van der Waals surface area contributed by atoms with Gasteiger partial charge in [0.2, 0.25) is 0 Å². The largest absolute Gasteiger partial charge is 0.135 e. The fraction of sp³-hybridized carbons (Fsp3) is 0.273. The van der Waals surface area contributed by atoms with E-state index in [1.54, 1.807) is 44.6 Å². The monoisotopic (exact) mass is 768 g/mol. The highest BCUT2D eigenvalue weighted by atomic mass is 32.1. The van der Waals surface area contributed by atoms with E-state index in [2.05, 4.69) is 134 Å². The fourth-order valence-corrected chi connectivity index (χ4v) is 16.8. The summed E-state index contributed by atoms with van der Waals surface area (Å²) in [6, 6.07) is 18.3. The van der Waals surface area contributed by atoms with E-state index in [1.165, 1.54) is 65.1 Å². The van der Waals surface area contributed by atoms with Gasteiger partial charge in [-0.05, 0) is 170 Å². The van der Waals surface area contributed by atoms with Crippen LogP contribution in [0, 0.1) is 40.9 Å². The summed E-state index contributed by atoms with van der Waals surface area (Å²) in [7, 11) is 0. The summed E-state index contributed by atoms with van der Waals surface area (Å²) in [5.41, 5.74) is 19.5. The standard InChI is InChI=1S/C55H44S2/c1-2-12-36-35(11-1)39-17-9-21-47-51(39)52-40(36)18-10-22-48(52)55(47)45-27-25-31(33-15-7-19-41-37-13-3-5-23-49(37)56-53(33)41)29-43(45)44-30-32(26-28-46(44)55)34-16-8-20-42-38-14-4-6-24-50(38)57-54(34)42/h1-6,9-18,23-26,29-30,35-36,45-48H,7-8,19-22,27-28H2. The van der Waals surface area contributed by atoms with Crippen LogP contribution in [0.2, 0.25) is 0 Å². The van der Waals surface area contributed by atoms with Crippen LogP contribution in [-0.2, 0) is 12.8 Å². The third-order valence-electron chi connectivity index (χ3n) is 16.1. The highest BCUT2D eigenvalue weighted by Gasteiger charge is 2.68. The van der Waals surface area contributed by atoms with Crippen molar-refractivity contribution in [1.82, 2.24) is 0 Å². The zero-order valence-corrected chi connectivity index (χ0v) is 33.8. The van der Waals surface area contributed by atoms with Gasteiger partial charge in [0.1, 0.15) is 0 Å². The van der Waals surface area contributed by atoms with Crippen LogP contribution < -0.4 is 0 Å². The number of benzene rings is 2. The molecule has 2 saturated carbocycles. The molecule has 14 rings (SSSR count). The first-order valence-corrected chi connectivity index (χ1v) is 23.3. The van der Waals surface area contributed by atoms with E-state index in [9.17, 15) is 0 Å². The third kappa shape index (κ3) is 4.09. The van der Waals surface area contributed by atoms with Crippen LogP contribution in [0.4, 0.5) is 0 Å². The Balaban J connectivity index is 0.964. The Hall–Kier alpha value is -4.76. The molecule has 2 aromatic carbocycles. The molecule has 2 heteroatoms. The molecule has 2 aromatic heterocycles. The van der Waals surface area contributed by atoms with Gasteiger partial charge in [-0.2, -0.15) is 0 Å². The summed E-state index contributed by atoms with van der Waals surface area (Å²) in [6.45, 7) is 0. The smallest absolute Gasteiger partial charge is 0.0390 e. The average Bonchev–Trinajstić information content (AvgIpc) is 4.01. The highest BCUT2D eigenvalue weighted by molar-refractivity contribution is 7.20. The van der Waals surface area contributed by atoms with Crippen molar-refractivity contribution in [3.63, 3.8) is 0 Å². The van der Waals surface area contributed by atoms with E-state index in [1.807, 2.05) is 22.7 Å². The molecule has 0 aliphatic heterocycles. The zero-order valence-electron chi connectivity index (χ0n) is 32.1. The average molecular weight is 769 g/mol. The molecule has 57 heavy (non-hydrogen) atoms. The van der Waals surface area contributed by atoms with Crippen LogP contribution in [0.3, 0.4) is 0 Å². The minimum Gasteiger partial charge on any atom is -0.135 e. The van der Waals surface area contributed by atoms with Gasteiger partial charge in [0, 0.05) is 31.0 Å². The van der Waals surface area contributed by atoms with Gasteiger partial charge >= 0.3 is 0 Å². The SMILES string of the molecule is C1=CC2C3=C4C5=C(C=CCC5C5(C6CC=C(C7=CCCc8c7sc7ccccc87)C=C6C6=CC(C7=CCCc8c7sc7ccccc87)=CCC65)C4CC=C3)C2C=C1. The minimum absolute atomic E-state index is 0.173. The lowest BCUT2D eigenvalue weighted by molar-refractivity contribution is 0.0530. The first-order valence-electron chi connectivity index (χ1n) is 21.7. The summed E-state index contributed by atoms with van der Waals surface area (Å²) in [4.78, 5) is 3.04. The molecule has 10 aliphatic rings. The van der Waals surface area contributed by atoms with Crippen molar-refractivity contribution in [2.75, 3.05) is 0 Å². The van der Waals surface area contributed by atoms with Crippen molar-refractivity contribution in [2.45, 2.75) is 51.4 Å². The Bertz CT molecular complexity index is 2740. The van der Waals surface area contributed by atoms with E-state index in [4.69, 9.17) is 0 Å². The Morgan fingerprint density at radius 3 is 1.53 bits per heavy atom.